The van der Waals surface area contributed by atoms with Gasteiger partial charge in [-0.25, -0.2) is 9.59 Å². The zero-order chi connectivity index (χ0) is 32.2. The predicted molar refractivity (Wildman–Crippen MR) is 172 cm³/mol. The van der Waals surface area contributed by atoms with E-state index in [1.165, 1.54) is 0 Å². The van der Waals surface area contributed by atoms with Gasteiger partial charge in [-0.15, -0.1) is 0 Å². The third-order valence-corrected chi connectivity index (χ3v) is 7.55. The fourth-order valence-corrected chi connectivity index (χ4v) is 4.99. The quantitative estimate of drug-likeness (QED) is 0.341. The maximum absolute atomic E-state index is 14.2. The number of hydrogen-bond acceptors (Lipinski definition) is 6. The van der Waals surface area contributed by atoms with Gasteiger partial charge in [0.25, 0.3) is 5.91 Å². The largest absolute Gasteiger partial charge is 0.490 e. The fourth-order valence-electron chi connectivity index (χ4n) is 4.99. The van der Waals surface area contributed by atoms with Gasteiger partial charge in [0.1, 0.15) is 5.75 Å². The molecule has 1 aliphatic rings. The van der Waals surface area contributed by atoms with Crippen molar-refractivity contribution >= 4 is 29.3 Å². The van der Waals surface area contributed by atoms with Crippen LogP contribution < -0.4 is 20.7 Å². The van der Waals surface area contributed by atoms with E-state index in [1.807, 2.05) is 58.0 Å². The molecule has 0 bridgehead atoms. The van der Waals surface area contributed by atoms with E-state index in [2.05, 4.69) is 16.0 Å². The molecule has 0 radical (unpaired) electrons. The van der Waals surface area contributed by atoms with Crippen LogP contribution in [0.15, 0.2) is 48.5 Å². The molecule has 0 saturated heterocycles. The van der Waals surface area contributed by atoms with Crippen LogP contribution in [0.4, 0.5) is 21.0 Å². The fraction of sp³-hybridized carbons (Fsp3) is 0.545. The molecule has 0 unspecified atom stereocenters. The van der Waals surface area contributed by atoms with Crippen LogP contribution in [0.3, 0.4) is 0 Å². The van der Waals surface area contributed by atoms with Crippen LogP contribution in [0.1, 0.15) is 64.2 Å². The van der Waals surface area contributed by atoms with Gasteiger partial charge in [0.15, 0.2) is 0 Å². The summed E-state index contributed by atoms with van der Waals surface area (Å²) in [5.41, 5.74) is 1.44. The van der Waals surface area contributed by atoms with Crippen LogP contribution in [0.5, 0.6) is 5.75 Å². The predicted octanol–water partition coefficient (Wildman–Crippen LogP) is 5.18. The number of carbonyl (C=O) groups is 3. The molecule has 1 aliphatic heterocycles. The summed E-state index contributed by atoms with van der Waals surface area (Å²) < 4.78 is 12.6. The molecule has 11 nitrogen and oxygen atoms in total. The Labute approximate surface area is 261 Å². The Morgan fingerprint density at radius 2 is 1.77 bits per heavy atom. The van der Waals surface area contributed by atoms with Gasteiger partial charge in [0, 0.05) is 50.1 Å². The van der Waals surface area contributed by atoms with Crippen molar-refractivity contribution < 1.29 is 29.0 Å². The monoisotopic (exact) mass is 611 g/mol. The van der Waals surface area contributed by atoms with Gasteiger partial charge in [-0.2, -0.15) is 0 Å². The number of anilines is 2. The molecule has 44 heavy (non-hydrogen) atoms. The molecule has 0 spiro atoms. The van der Waals surface area contributed by atoms with Crippen LogP contribution in [0.25, 0.3) is 0 Å². The summed E-state index contributed by atoms with van der Waals surface area (Å²) in [6.07, 6.45) is 1.89. The highest BCUT2D eigenvalue weighted by Crippen LogP contribution is 2.28. The lowest BCUT2D eigenvalue weighted by Gasteiger charge is -2.35. The lowest BCUT2D eigenvalue weighted by atomic mass is 10.0. The Bertz CT molecular complexity index is 1230. The van der Waals surface area contributed by atoms with E-state index in [0.717, 1.165) is 19.3 Å². The van der Waals surface area contributed by atoms with E-state index in [0.29, 0.717) is 35.8 Å². The van der Waals surface area contributed by atoms with E-state index >= 15 is 0 Å². The number of nitrogens with one attached hydrogen (secondary N) is 3. The molecule has 0 aromatic heterocycles. The van der Waals surface area contributed by atoms with Gasteiger partial charge in [-0.3, -0.25) is 4.79 Å². The van der Waals surface area contributed by atoms with Crippen molar-refractivity contribution in [3.8, 4) is 5.75 Å². The lowest BCUT2D eigenvalue weighted by Crippen LogP contribution is -2.48. The van der Waals surface area contributed by atoms with E-state index in [1.54, 1.807) is 42.0 Å². The minimum absolute atomic E-state index is 0.0564. The number of benzene rings is 2. The Balaban J connectivity index is 1.89. The summed E-state index contributed by atoms with van der Waals surface area (Å²) in [6.45, 7) is 10.3. The molecule has 0 saturated carbocycles. The molecule has 4 atom stereocenters. The van der Waals surface area contributed by atoms with Crippen LogP contribution in [0, 0.1) is 5.92 Å². The van der Waals surface area contributed by atoms with Gasteiger partial charge in [-0.1, -0.05) is 25.1 Å². The number of aliphatic hydroxyl groups excluding tert-OH is 1. The van der Waals surface area contributed by atoms with Crippen molar-refractivity contribution in [3.05, 3.63) is 54.1 Å². The first-order valence-corrected chi connectivity index (χ1v) is 15.5. The van der Waals surface area contributed by atoms with Gasteiger partial charge < -0.3 is 40.3 Å². The number of carbonyl (C=O) groups excluding carboxylic acids is 3. The van der Waals surface area contributed by atoms with Gasteiger partial charge in [-0.05, 0) is 77.3 Å². The molecule has 2 aromatic rings. The minimum atomic E-state index is -0.510. The molecule has 0 aliphatic carbocycles. The Morgan fingerprint density at radius 3 is 2.45 bits per heavy atom. The first-order chi connectivity index (χ1) is 21.0. The van der Waals surface area contributed by atoms with E-state index in [9.17, 15) is 19.5 Å². The molecule has 5 amide bonds. The van der Waals surface area contributed by atoms with Gasteiger partial charge in [0.05, 0.1) is 30.4 Å². The maximum Gasteiger partial charge on any atom is 0.321 e. The third-order valence-electron chi connectivity index (χ3n) is 7.55. The summed E-state index contributed by atoms with van der Waals surface area (Å²) in [5.74, 6) is -0.105. The molecular formula is C33H49N5O6. The maximum atomic E-state index is 14.2. The Kier molecular flexibility index (Phi) is 13.3. The van der Waals surface area contributed by atoms with Crippen LogP contribution >= 0.6 is 0 Å². The normalized spacial score (nSPS) is 20.5. The van der Waals surface area contributed by atoms with Gasteiger partial charge in [0.2, 0.25) is 0 Å². The Hall–Kier alpha value is -3.83. The number of rotatable bonds is 7. The van der Waals surface area contributed by atoms with Crippen molar-refractivity contribution in [2.45, 2.75) is 78.2 Å². The molecular weight excluding hydrogens is 562 g/mol. The van der Waals surface area contributed by atoms with Crippen LogP contribution in [-0.4, -0.2) is 90.5 Å². The van der Waals surface area contributed by atoms with Crippen LogP contribution in [0.2, 0.25) is 0 Å². The topological polar surface area (TPSA) is 132 Å². The number of amides is 5. The second-order valence-corrected chi connectivity index (χ2v) is 11.9. The number of ether oxygens (including phenoxy) is 2. The van der Waals surface area contributed by atoms with Crippen molar-refractivity contribution in [1.29, 1.82) is 0 Å². The molecule has 11 heteroatoms. The second-order valence-electron chi connectivity index (χ2n) is 11.9. The number of hydrogen-bond donors (Lipinski definition) is 4. The molecule has 242 valence electrons. The second kappa shape index (κ2) is 16.9. The summed E-state index contributed by atoms with van der Waals surface area (Å²) >= 11 is 0. The van der Waals surface area contributed by atoms with Crippen molar-refractivity contribution in [3.63, 3.8) is 0 Å². The highest BCUT2D eigenvalue weighted by Gasteiger charge is 2.31. The van der Waals surface area contributed by atoms with Crippen molar-refractivity contribution in [2.75, 3.05) is 44.0 Å². The lowest BCUT2D eigenvalue weighted by molar-refractivity contribution is -0.0115. The zero-order valence-corrected chi connectivity index (χ0v) is 26.8. The average Bonchev–Trinajstić information content (AvgIpc) is 2.98. The first kappa shape index (κ1) is 34.7. The van der Waals surface area contributed by atoms with Crippen molar-refractivity contribution in [1.82, 2.24) is 15.1 Å². The minimum Gasteiger partial charge on any atom is -0.490 e. The average molecular weight is 612 g/mol. The summed E-state index contributed by atoms with van der Waals surface area (Å²) in [7, 11) is 1.72. The summed E-state index contributed by atoms with van der Waals surface area (Å²) in [4.78, 5) is 42.8. The molecule has 4 N–H and O–H groups in total. The third kappa shape index (κ3) is 10.4. The highest BCUT2D eigenvalue weighted by molar-refractivity contribution is 5.99. The molecule has 2 aromatic carbocycles. The van der Waals surface area contributed by atoms with E-state index < -0.39 is 6.04 Å². The first-order valence-electron chi connectivity index (χ1n) is 15.5. The van der Waals surface area contributed by atoms with E-state index in [-0.39, 0.29) is 55.3 Å². The number of aliphatic hydroxyl groups is 1. The molecule has 0 fully saturated rings. The highest BCUT2D eigenvalue weighted by atomic mass is 16.5. The summed E-state index contributed by atoms with van der Waals surface area (Å²) in [5, 5.41) is 18.6. The number of para-hydroxylation sites is 1. The SMILES string of the molecule is CC(C)NC(=O)Nc1ccc2c(c1)C(=O)N([C@@H](C)CO)C[C@H](C)[C@H](CN(C)C(=O)Nc1ccccc1)OCCCC[C@@H](C)O2. The smallest absolute Gasteiger partial charge is 0.321 e. The number of nitrogens with zero attached hydrogens (tertiary/aromatic N) is 2. The summed E-state index contributed by atoms with van der Waals surface area (Å²) in [6, 6.07) is 13.1. The zero-order valence-electron chi connectivity index (χ0n) is 26.8. The molecule has 1 heterocycles. The van der Waals surface area contributed by atoms with Crippen molar-refractivity contribution in [2.24, 2.45) is 5.92 Å². The Morgan fingerprint density at radius 1 is 1.05 bits per heavy atom. The van der Waals surface area contributed by atoms with Gasteiger partial charge >= 0.3 is 12.1 Å². The molecule has 3 rings (SSSR count). The van der Waals surface area contributed by atoms with E-state index in [4.69, 9.17) is 9.47 Å². The van der Waals surface area contributed by atoms with Crippen LogP contribution in [-0.2, 0) is 4.74 Å². The standard InChI is InChI=1S/C33H49N5O6/c1-22(2)34-32(41)35-27-15-16-29-28(18-27)31(40)38(24(4)21-39)19-23(3)30(43-17-11-10-12-25(5)44-29)20-37(6)33(42)36-26-13-8-7-9-14-26/h7-9,13-16,18,22-25,30,39H,10-12,17,19-21H2,1-6H3,(H,36,42)(H2,34,35,41)/t23-,24-,25+,30-/m0/s1. The number of fused-ring (bicyclic) bond motifs is 1. The number of likely N-dealkylation sites (N-methyl/N-ethyl adjacent to an activating group) is 1. The number of urea groups is 2.